The maximum Gasteiger partial charge on any atom is 1.00 e. The fourth-order valence-electron chi connectivity index (χ4n) is 3.99. The summed E-state index contributed by atoms with van der Waals surface area (Å²) < 4.78 is 1.92. The number of carbonyl (C=O) groups excluding carboxylic acids is 2. The summed E-state index contributed by atoms with van der Waals surface area (Å²) in [6.07, 6.45) is 4.52. The molecular formula is C16H16N3NaO4S2. The SMILES string of the molecule is CSc1c(C2=C(C(=O)[O-])N3C(=O)[C@H]([C@@H](C)O)[C@H]3[C@H]2C)sc2cncn12.[Na+]. The van der Waals surface area contributed by atoms with E-state index in [0.717, 1.165) is 14.7 Å². The van der Waals surface area contributed by atoms with Gasteiger partial charge in [-0.2, -0.15) is 0 Å². The largest absolute Gasteiger partial charge is 1.00 e. The van der Waals surface area contributed by atoms with E-state index in [2.05, 4.69) is 4.98 Å². The van der Waals surface area contributed by atoms with Crippen LogP contribution < -0.4 is 34.7 Å². The van der Waals surface area contributed by atoms with Crippen LogP contribution in [0.3, 0.4) is 0 Å². The summed E-state index contributed by atoms with van der Waals surface area (Å²) in [5, 5.41) is 22.7. The average molecular weight is 401 g/mol. The van der Waals surface area contributed by atoms with Crippen molar-refractivity contribution in [3.05, 3.63) is 23.1 Å². The zero-order valence-electron chi connectivity index (χ0n) is 14.8. The van der Waals surface area contributed by atoms with Crippen LogP contribution in [-0.2, 0) is 9.59 Å². The van der Waals surface area contributed by atoms with E-state index >= 15 is 0 Å². The molecule has 2 aromatic heterocycles. The Labute approximate surface area is 180 Å². The van der Waals surface area contributed by atoms with Crippen molar-refractivity contribution in [2.45, 2.75) is 31.0 Å². The van der Waals surface area contributed by atoms with Crippen LogP contribution in [0.15, 0.2) is 23.2 Å². The second-order valence-electron chi connectivity index (χ2n) is 6.35. The minimum atomic E-state index is -1.36. The average Bonchev–Trinajstić information content (AvgIpc) is 3.16. The van der Waals surface area contributed by atoms with Crippen LogP contribution >= 0.6 is 23.1 Å². The molecule has 0 unspecified atom stereocenters. The number of thiazole rings is 1. The van der Waals surface area contributed by atoms with Crippen molar-refractivity contribution >= 4 is 45.4 Å². The third kappa shape index (κ3) is 2.52. The Hall–Kier alpha value is -0.840. The number of aliphatic hydroxyl groups is 1. The topological polar surface area (TPSA) is 98.0 Å². The number of aromatic nitrogens is 2. The van der Waals surface area contributed by atoms with Crippen LogP contribution in [0, 0.1) is 11.8 Å². The number of rotatable bonds is 4. The molecule has 1 fully saturated rings. The third-order valence-corrected chi connectivity index (χ3v) is 7.07. The molecule has 4 rings (SSSR count). The van der Waals surface area contributed by atoms with E-state index in [1.165, 1.54) is 28.0 Å². The second-order valence-corrected chi connectivity index (χ2v) is 8.17. The van der Waals surface area contributed by atoms with Gasteiger partial charge in [-0.15, -0.1) is 23.1 Å². The minimum Gasteiger partial charge on any atom is -0.543 e. The normalized spacial score (nSPS) is 25.9. The molecule has 7 nitrogen and oxygen atoms in total. The molecule has 0 radical (unpaired) electrons. The maximum atomic E-state index is 12.4. The number of carbonyl (C=O) groups is 2. The van der Waals surface area contributed by atoms with Gasteiger partial charge in [0.1, 0.15) is 11.2 Å². The number of β-lactam (4-membered cyclic amide) rings is 1. The van der Waals surface area contributed by atoms with E-state index in [9.17, 15) is 19.8 Å². The Morgan fingerprint density at radius 2 is 2.19 bits per heavy atom. The van der Waals surface area contributed by atoms with Gasteiger partial charge in [0.25, 0.3) is 0 Å². The molecule has 10 heteroatoms. The number of carboxylic acid groups (broad SMARTS) is 1. The third-order valence-electron chi connectivity index (χ3n) is 5.03. The van der Waals surface area contributed by atoms with Crippen LogP contribution in [0.4, 0.5) is 0 Å². The molecule has 2 aliphatic rings. The number of amides is 1. The summed E-state index contributed by atoms with van der Waals surface area (Å²) in [5.74, 6) is -2.48. The number of nitrogens with zero attached hydrogens (tertiary/aromatic N) is 3. The molecule has 0 saturated carbocycles. The van der Waals surface area contributed by atoms with Crippen LogP contribution in [-0.4, -0.2) is 49.7 Å². The first-order chi connectivity index (χ1) is 11.9. The zero-order chi connectivity index (χ0) is 18.0. The standard InChI is InChI=1S/C16H17N3O4S2.Na/c1-6-9(13-15(24-3)18-5-17-4-8(18)25-13)12(16(22)23)19-11(6)10(7(2)20)14(19)21;/h4-7,10-11,20H,1-3H3,(H,22,23);/q;+1/p-1/t6-,7+,10+,11+;/m0./s1. The fraction of sp³-hybridized carbons (Fsp3) is 0.438. The van der Waals surface area contributed by atoms with E-state index in [0.29, 0.717) is 5.57 Å². The molecule has 132 valence electrons. The quantitative estimate of drug-likeness (QED) is 0.344. The first kappa shape index (κ1) is 19.9. The first-order valence-electron chi connectivity index (χ1n) is 7.84. The van der Waals surface area contributed by atoms with Gasteiger partial charge < -0.3 is 19.9 Å². The summed E-state index contributed by atoms with van der Waals surface area (Å²) >= 11 is 2.95. The zero-order valence-corrected chi connectivity index (χ0v) is 18.4. The van der Waals surface area contributed by atoms with Crippen LogP contribution in [0.2, 0.25) is 0 Å². The number of hydrogen-bond acceptors (Lipinski definition) is 7. The van der Waals surface area contributed by atoms with Gasteiger partial charge >= 0.3 is 29.6 Å². The number of hydrogen-bond donors (Lipinski definition) is 1. The maximum absolute atomic E-state index is 12.4. The second kappa shape index (κ2) is 6.96. The van der Waals surface area contributed by atoms with Gasteiger partial charge in [0, 0.05) is 11.5 Å². The van der Waals surface area contributed by atoms with Crippen molar-refractivity contribution in [1.82, 2.24) is 14.3 Å². The summed E-state index contributed by atoms with van der Waals surface area (Å²) in [4.78, 5) is 31.4. The van der Waals surface area contributed by atoms with E-state index < -0.39 is 18.0 Å². The Morgan fingerprint density at radius 1 is 1.50 bits per heavy atom. The van der Waals surface area contributed by atoms with Crippen molar-refractivity contribution in [3.8, 4) is 0 Å². The molecular weight excluding hydrogens is 385 g/mol. The first-order valence-corrected chi connectivity index (χ1v) is 9.88. The molecule has 0 spiro atoms. The molecule has 0 aromatic carbocycles. The number of aliphatic carboxylic acids is 1. The van der Waals surface area contributed by atoms with Crippen LogP contribution in [0.1, 0.15) is 18.7 Å². The van der Waals surface area contributed by atoms with E-state index in [-0.39, 0.29) is 53.1 Å². The van der Waals surface area contributed by atoms with Crippen LogP contribution in [0.25, 0.3) is 10.4 Å². The smallest absolute Gasteiger partial charge is 0.543 e. The number of carboxylic acids is 1. The predicted octanol–water partition coefficient (Wildman–Crippen LogP) is -2.56. The molecule has 0 bridgehead atoms. The molecule has 1 N–H and O–H groups in total. The Balaban J connectivity index is 0.00000196. The molecule has 4 atom stereocenters. The number of imidazole rings is 1. The van der Waals surface area contributed by atoms with E-state index in [1.54, 1.807) is 19.4 Å². The Kier molecular flexibility index (Phi) is 5.33. The van der Waals surface area contributed by atoms with Crippen molar-refractivity contribution in [3.63, 3.8) is 0 Å². The molecule has 1 amide bonds. The number of fused-ring (bicyclic) bond motifs is 2. The minimum absolute atomic E-state index is 0. The molecule has 26 heavy (non-hydrogen) atoms. The van der Waals surface area contributed by atoms with Gasteiger partial charge in [0.15, 0.2) is 0 Å². The van der Waals surface area contributed by atoms with Crippen molar-refractivity contribution in [2.75, 3.05) is 6.26 Å². The van der Waals surface area contributed by atoms with Gasteiger partial charge in [0.05, 0.1) is 45.8 Å². The predicted molar refractivity (Wildman–Crippen MR) is 91.7 cm³/mol. The van der Waals surface area contributed by atoms with Gasteiger partial charge in [0.2, 0.25) is 5.91 Å². The summed E-state index contributed by atoms with van der Waals surface area (Å²) in [6.45, 7) is 3.47. The number of aliphatic hydroxyl groups excluding tert-OH is 1. The Morgan fingerprint density at radius 3 is 2.77 bits per heavy atom. The molecule has 1 saturated heterocycles. The van der Waals surface area contributed by atoms with Crippen molar-refractivity contribution in [2.24, 2.45) is 11.8 Å². The molecule has 2 aromatic rings. The monoisotopic (exact) mass is 401 g/mol. The van der Waals surface area contributed by atoms with E-state index in [1.807, 2.05) is 17.6 Å². The van der Waals surface area contributed by atoms with Gasteiger partial charge in [-0.1, -0.05) is 6.92 Å². The molecule has 2 aliphatic heterocycles. The van der Waals surface area contributed by atoms with Gasteiger partial charge in [-0.3, -0.25) is 9.20 Å². The van der Waals surface area contributed by atoms with Crippen molar-refractivity contribution < 1.29 is 49.4 Å². The Bertz CT molecular complexity index is 935. The fourth-order valence-corrected chi connectivity index (χ4v) is 6.19. The van der Waals surface area contributed by atoms with Crippen LogP contribution in [0.5, 0.6) is 0 Å². The van der Waals surface area contributed by atoms with E-state index in [4.69, 9.17) is 0 Å². The summed E-state index contributed by atoms with van der Waals surface area (Å²) in [5.41, 5.74) is 0.548. The summed E-state index contributed by atoms with van der Waals surface area (Å²) in [6, 6.07) is -0.343. The van der Waals surface area contributed by atoms with Crippen molar-refractivity contribution in [1.29, 1.82) is 0 Å². The van der Waals surface area contributed by atoms with Gasteiger partial charge in [-0.25, -0.2) is 4.98 Å². The van der Waals surface area contributed by atoms with Gasteiger partial charge in [-0.05, 0) is 13.2 Å². The number of thioether (sulfide) groups is 1. The summed E-state index contributed by atoms with van der Waals surface area (Å²) in [7, 11) is 0. The molecule has 4 heterocycles. The molecule has 0 aliphatic carbocycles.